The second-order valence-electron chi connectivity index (χ2n) is 9.32. The van der Waals surface area contributed by atoms with E-state index >= 15 is 0 Å². The van der Waals surface area contributed by atoms with Crippen LogP contribution in [0.25, 0.3) is 0 Å². The molecule has 1 amide bonds. The summed E-state index contributed by atoms with van der Waals surface area (Å²) in [7, 11) is 0. The predicted octanol–water partition coefficient (Wildman–Crippen LogP) is 4.82. The van der Waals surface area contributed by atoms with Crippen LogP contribution in [-0.4, -0.2) is 26.4 Å². The highest BCUT2D eigenvalue weighted by molar-refractivity contribution is 7.99. The lowest BCUT2D eigenvalue weighted by Gasteiger charge is -2.33. The van der Waals surface area contributed by atoms with Gasteiger partial charge >= 0.3 is 0 Å². The number of rotatable bonds is 4. The maximum absolute atomic E-state index is 12.7. The molecule has 1 aliphatic heterocycles. The third-order valence-corrected chi connectivity index (χ3v) is 8.40. The first-order chi connectivity index (χ1) is 14.4. The Morgan fingerprint density at radius 1 is 1.30 bits per heavy atom. The molecule has 0 fully saturated rings. The maximum Gasteiger partial charge on any atom is 0.235 e. The van der Waals surface area contributed by atoms with Gasteiger partial charge in [0.15, 0.2) is 5.16 Å². The SMILES string of the molecule is CC(C)(C)[C@@H]1CCc2c(sc(NC(=O)CSc3nnc4n3CCCCC4)c2C#N)C1. The van der Waals surface area contributed by atoms with Gasteiger partial charge in [0.2, 0.25) is 5.91 Å². The summed E-state index contributed by atoms with van der Waals surface area (Å²) in [5, 5.41) is 22.8. The van der Waals surface area contributed by atoms with Crippen molar-refractivity contribution >= 4 is 34.0 Å². The molecule has 160 valence electrons. The van der Waals surface area contributed by atoms with Crippen molar-refractivity contribution in [2.45, 2.75) is 77.4 Å². The summed E-state index contributed by atoms with van der Waals surface area (Å²) >= 11 is 3.02. The molecule has 1 N–H and O–H groups in total. The molecule has 0 saturated heterocycles. The van der Waals surface area contributed by atoms with E-state index in [4.69, 9.17) is 0 Å². The van der Waals surface area contributed by atoms with Crippen molar-refractivity contribution in [3.8, 4) is 6.07 Å². The first-order valence-corrected chi connectivity index (χ1v) is 12.6. The standard InChI is InChI=1S/C22H29N5OS2/c1-22(2,3)14-8-9-15-16(12-23)20(30-17(15)11-14)24-19(28)13-29-21-26-25-18-7-5-4-6-10-27(18)21/h14H,4-11,13H2,1-3H3,(H,24,28)/t14-/m1/s1. The van der Waals surface area contributed by atoms with Crippen molar-refractivity contribution in [2.75, 3.05) is 11.1 Å². The molecule has 2 aromatic rings. The molecule has 2 aromatic heterocycles. The number of aryl methyl sites for hydroxylation is 1. The summed E-state index contributed by atoms with van der Waals surface area (Å²) in [5.74, 6) is 1.82. The van der Waals surface area contributed by atoms with Gasteiger partial charge in [-0.1, -0.05) is 39.0 Å². The molecule has 0 unspecified atom stereocenters. The smallest absolute Gasteiger partial charge is 0.235 e. The Morgan fingerprint density at radius 3 is 2.90 bits per heavy atom. The van der Waals surface area contributed by atoms with Crippen LogP contribution in [0.2, 0.25) is 0 Å². The number of hydrogen-bond donors (Lipinski definition) is 1. The monoisotopic (exact) mass is 443 g/mol. The fourth-order valence-corrected chi connectivity index (χ4v) is 6.47. The van der Waals surface area contributed by atoms with Gasteiger partial charge in [-0.05, 0) is 49.0 Å². The van der Waals surface area contributed by atoms with Crippen LogP contribution in [0.15, 0.2) is 5.16 Å². The summed E-state index contributed by atoms with van der Waals surface area (Å²) < 4.78 is 2.15. The Kier molecular flexibility index (Phi) is 6.21. The van der Waals surface area contributed by atoms with E-state index in [9.17, 15) is 10.1 Å². The van der Waals surface area contributed by atoms with E-state index in [0.29, 0.717) is 16.5 Å². The number of carbonyl (C=O) groups excluding carboxylic acids is 1. The van der Waals surface area contributed by atoms with Crippen LogP contribution in [0.4, 0.5) is 5.00 Å². The lowest BCUT2D eigenvalue weighted by Crippen LogP contribution is -2.26. The lowest BCUT2D eigenvalue weighted by atomic mass is 9.72. The highest BCUT2D eigenvalue weighted by atomic mass is 32.2. The third kappa shape index (κ3) is 4.42. The van der Waals surface area contributed by atoms with Gasteiger partial charge in [-0.3, -0.25) is 4.79 Å². The minimum absolute atomic E-state index is 0.0894. The molecule has 1 aliphatic carbocycles. The maximum atomic E-state index is 12.7. The zero-order valence-corrected chi connectivity index (χ0v) is 19.6. The van der Waals surface area contributed by atoms with Gasteiger partial charge in [-0.15, -0.1) is 21.5 Å². The number of fused-ring (bicyclic) bond motifs is 2. The molecule has 3 heterocycles. The molecule has 4 rings (SSSR count). The fourth-order valence-electron chi connectivity index (χ4n) is 4.39. The molecule has 6 nitrogen and oxygen atoms in total. The van der Waals surface area contributed by atoms with E-state index in [1.165, 1.54) is 23.1 Å². The Morgan fingerprint density at radius 2 is 2.13 bits per heavy atom. The lowest BCUT2D eigenvalue weighted by molar-refractivity contribution is -0.113. The average molecular weight is 444 g/mol. The summed E-state index contributed by atoms with van der Waals surface area (Å²) in [6, 6.07) is 2.34. The first kappa shape index (κ1) is 21.4. The largest absolute Gasteiger partial charge is 0.316 e. The van der Waals surface area contributed by atoms with Crippen LogP contribution in [0.5, 0.6) is 0 Å². The minimum Gasteiger partial charge on any atom is -0.316 e. The summed E-state index contributed by atoms with van der Waals surface area (Å²) in [4.78, 5) is 13.9. The van der Waals surface area contributed by atoms with Crippen LogP contribution in [-0.2, 0) is 30.6 Å². The van der Waals surface area contributed by atoms with Gasteiger partial charge < -0.3 is 9.88 Å². The average Bonchev–Trinajstić information content (AvgIpc) is 3.16. The van der Waals surface area contributed by atoms with Crippen molar-refractivity contribution in [1.82, 2.24) is 14.8 Å². The second-order valence-corrected chi connectivity index (χ2v) is 11.4. The molecule has 0 aromatic carbocycles. The van der Waals surface area contributed by atoms with Gasteiger partial charge in [0.1, 0.15) is 16.9 Å². The van der Waals surface area contributed by atoms with Crippen molar-refractivity contribution in [3.63, 3.8) is 0 Å². The van der Waals surface area contributed by atoms with E-state index in [1.807, 2.05) is 0 Å². The van der Waals surface area contributed by atoms with Gasteiger partial charge in [-0.25, -0.2) is 0 Å². The molecular formula is C22H29N5OS2. The van der Waals surface area contributed by atoms with Gasteiger partial charge in [0.05, 0.1) is 11.3 Å². The third-order valence-electron chi connectivity index (χ3n) is 6.26. The predicted molar refractivity (Wildman–Crippen MR) is 121 cm³/mol. The van der Waals surface area contributed by atoms with Crippen LogP contribution in [0.1, 0.15) is 68.3 Å². The minimum atomic E-state index is -0.0894. The molecule has 0 spiro atoms. The molecule has 30 heavy (non-hydrogen) atoms. The number of thiophene rings is 1. The first-order valence-electron chi connectivity index (χ1n) is 10.8. The quantitative estimate of drug-likeness (QED) is 0.685. The second kappa shape index (κ2) is 8.72. The normalized spacial score (nSPS) is 18.8. The Hall–Kier alpha value is -1.85. The van der Waals surface area contributed by atoms with Crippen LogP contribution < -0.4 is 5.32 Å². The van der Waals surface area contributed by atoms with Crippen molar-refractivity contribution < 1.29 is 4.79 Å². The Labute approximate surface area is 186 Å². The summed E-state index contributed by atoms with van der Waals surface area (Å²) in [6.07, 6.45) is 7.47. The number of nitrogens with one attached hydrogen (secondary N) is 1. The van der Waals surface area contributed by atoms with Gasteiger partial charge in [0, 0.05) is 17.8 Å². The van der Waals surface area contributed by atoms with Crippen LogP contribution >= 0.6 is 23.1 Å². The van der Waals surface area contributed by atoms with E-state index in [1.54, 1.807) is 11.3 Å². The number of thioether (sulfide) groups is 1. The van der Waals surface area contributed by atoms with Gasteiger partial charge in [0.25, 0.3) is 0 Å². The topological polar surface area (TPSA) is 83.6 Å². The van der Waals surface area contributed by atoms with E-state index in [0.717, 1.165) is 61.6 Å². The molecule has 8 heteroatoms. The zero-order valence-electron chi connectivity index (χ0n) is 18.0. The summed E-state index contributed by atoms with van der Waals surface area (Å²) in [5.41, 5.74) is 2.07. The van der Waals surface area contributed by atoms with Crippen molar-refractivity contribution in [1.29, 1.82) is 5.26 Å². The zero-order chi connectivity index (χ0) is 21.3. The Bertz CT molecular complexity index is 979. The number of hydrogen-bond acceptors (Lipinski definition) is 6. The number of nitrogens with zero attached hydrogens (tertiary/aromatic N) is 4. The van der Waals surface area contributed by atoms with Crippen molar-refractivity contribution in [3.05, 3.63) is 21.8 Å². The van der Waals surface area contributed by atoms with E-state index in [2.05, 4.69) is 46.9 Å². The summed E-state index contributed by atoms with van der Waals surface area (Å²) in [6.45, 7) is 7.78. The molecule has 1 atom stereocenters. The van der Waals surface area contributed by atoms with E-state index in [-0.39, 0.29) is 17.1 Å². The highest BCUT2D eigenvalue weighted by Gasteiger charge is 2.32. The van der Waals surface area contributed by atoms with Gasteiger partial charge in [-0.2, -0.15) is 5.26 Å². The number of aromatic nitrogens is 3. The highest BCUT2D eigenvalue weighted by Crippen LogP contribution is 2.44. The Balaban J connectivity index is 1.43. The van der Waals surface area contributed by atoms with Crippen molar-refractivity contribution in [2.24, 2.45) is 11.3 Å². The fraction of sp³-hybridized carbons (Fsp3) is 0.636. The number of amides is 1. The number of nitriles is 1. The molecule has 0 radical (unpaired) electrons. The number of carbonyl (C=O) groups is 1. The van der Waals surface area contributed by atoms with Crippen LogP contribution in [0, 0.1) is 22.7 Å². The molecule has 0 saturated carbocycles. The van der Waals surface area contributed by atoms with Crippen LogP contribution in [0.3, 0.4) is 0 Å². The molecular weight excluding hydrogens is 414 g/mol. The van der Waals surface area contributed by atoms with E-state index < -0.39 is 0 Å². The molecule has 0 bridgehead atoms. The number of anilines is 1. The molecule has 2 aliphatic rings.